The van der Waals surface area contributed by atoms with Gasteiger partial charge in [-0.2, -0.15) is 0 Å². The normalized spacial score (nSPS) is 10.7. The predicted molar refractivity (Wildman–Crippen MR) is 98.3 cm³/mol. The molecule has 0 saturated carbocycles. The SMILES string of the molecule is CNc1cc2cc(-c3cncc(NC)c3C)c(F)c(NC)c2cn1. The smallest absolute Gasteiger partial charge is 0.154 e. The number of anilines is 3. The fraction of sp³-hybridized carbons (Fsp3) is 0.222. The molecule has 0 unspecified atom stereocenters. The van der Waals surface area contributed by atoms with Crippen molar-refractivity contribution in [2.24, 2.45) is 0 Å². The van der Waals surface area contributed by atoms with Crippen molar-refractivity contribution in [2.75, 3.05) is 37.1 Å². The zero-order valence-electron chi connectivity index (χ0n) is 14.2. The Kier molecular flexibility index (Phi) is 4.20. The van der Waals surface area contributed by atoms with Gasteiger partial charge in [0.05, 0.1) is 17.6 Å². The van der Waals surface area contributed by atoms with Gasteiger partial charge in [-0.3, -0.25) is 4.98 Å². The molecule has 0 aliphatic carbocycles. The summed E-state index contributed by atoms with van der Waals surface area (Å²) in [6.45, 7) is 1.96. The molecule has 3 N–H and O–H groups in total. The van der Waals surface area contributed by atoms with Crippen molar-refractivity contribution < 1.29 is 4.39 Å². The molecule has 0 amide bonds. The molecule has 0 spiro atoms. The predicted octanol–water partition coefficient (Wildman–Crippen LogP) is 3.87. The van der Waals surface area contributed by atoms with Crippen LogP contribution in [0.15, 0.2) is 30.7 Å². The zero-order valence-corrected chi connectivity index (χ0v) is 14.2. The summed E-state index contributed by atoms with van der Waals surface area (Å²) in [4.78, 5) is 8.51. The molecule has 0 saturated heterocycles. The van der Waals surface area contributed by atoms with E-state index >= 15 is 4.39 Å². The minimum Gasteiger partial charge on any atom is -0.387 e. The summed E-state index contributed by atoms with van der Waals surface area (Å²) < 4.78 is 15.1. The van der Waals surface area contributed by atoms with Crippen molar-refractivity contribution in [3.8, 4) is 11.1 Å². The lowest BCUT2D eigenvalue weighted by Crippen LogP contribution is -2.01. The Bertz CT molecular complexity index is 908. The van der Waals surface area contributed by atoms with Crippen molar-refractivity contribution in [3.05, 3.63) is 42.1 Å². The van der Waals surface area contributed by atoms with E-state index in [0.29, 0.717) is 11.3 Å². The monoisotopic (exact) mass is 325 g/mol. The molecule has 0 radical (unpaired) electrons. The Morgan fingerprint density at radius 3 is 2.38 bits per heavy atom. The number of nitrogens with one attached hydrogen (secondary N) is 3. The average molecular weight is 325 g/mol. The number of hydrogen-bond acceptors (Lipinski definition) is 5. The van der Waals surface area contributed by atoms with Crippen LogP contribution < -0.4 is 16.0 Å². The van der Waals surface area contributed by atoms with E-state index < -0.39 is 0 Å². The van der Waals surface area contributed by atoms with E-state index in [0.717, 1.165) is 33.4 Å². The number of rotatable bonds is 4. The highest BCUT2D eigenvalue weighted by Gasteiger charge is 2.17. The van der Waals surface area contributed by atoms with Gasteiger partial charge < -0.3 is 16.0 Å². The first-order valence-corrected chi connectivity index (χ1v) is 7.71. The fourth-order valence-corrected chi connectivity index (χ4v) is 2.90. The number of hydrogen-bond donors (Lipinski definition) is 3. The van der Waals surface area contributed by atoms with Crippen LogP contribution in [0.25, 0.3) is 21.9 Å². The second-order valence-electron chi connectivity index (χ2n) is 5.51. The molecule has 6 heteroatoms. The molecule has 3 rings (SSSR count). The highest BCUT2D eigenvalue weighted by molar-refractivity contribution is 5.99. The van der Waals surface area contributed by atoms with Crippen LogP contribution in [0, 0.1) is 12.7 Å². The first-order valence-electron chi connectivity index (χ1n) is 7.71. The maximum absolute atomic E-state index is 15.1. The summed E-state index contributed by atoms with van der Waals surface area (Å²) in [6, 6.07) is 3.75. The van der Waals surface area contributed by atoms with Crippen LogP contribution >= 0.6 is 0 Å². The fourth-order valence-electron chi connectivity index (χ4n) is 2.90. The van der Waals surface area contributed by atoms with Gasteiger partial charge in [-0.15, -0.1) is 0 Å². The second kappa shape index (κ2) is 6.31. The summed E-state index contributed by atoms with van der Waals surface area (Å²) in [7, 11) is 5.35. The Hall–Kier alpha value is -2.89. The standard InChI is InChI=1S/C18H20FN5/c1-10-13(7-23-9-15(10)20-2)12-5-11-6-16(21-3)24-8-14(11)18(22-4)17(12)19/h5-9,20,22H,1-4H3,(H,21,24). The summed E-state index contributed by atoms with van der Waals surface area (Å²) in [5.74, 6) is 0.433. The van der Waals surface area contributed by atoms with Crippen molar-refractivity contribution in [1.82, 2.24) is 9.97 Å². The van der Waals surface area contributed by atoms with Crippen molar-refractivity contribution in [2.45, 2.75) is 6.92 Å². The van der Waals surface area contributed by atoms with E-state index in [9.17, 15) is 0 Å². The van der Waals surface area contributed by atoms with Gasteiger partial charge in [-0.1, -0.05) is 0 Å². The molecule has 3 aromatic rings. The van der Waals surface area contributed by atoms with Crippen LogP contribution in [0.2, 0.25) is 0 Å². The van der Waals surface area contributed by atoms with Crippen LogP contribution in [-0.4, -0.2) is 31.1 Å². The number of nitrogens with zero attached hydrogens (tertiary/aromatic N) is 2. The molecule has 1 aromatic carbocycles. The molecule has 0 fully saturated rings. The Morgan fingerprint density at radius 2 is 1.71 bits per heavy atom. The van der Waals surface area contributed by atoms with Gasteiger partial charge in [0.15, 0.2) is 5.82 Å². The van der Waals surface area contributed by atoms with E-state index in [2.05, 4.69) is 25.9 Å². The summed E-state index contributed by atoms with van der Waals surface area (Å²) in [6.07, 6.45) is 5.11. The van der Waals surface area contributed by atoms with E-state index in [1.54, 1.807) is 25.6 Å². The maximum Gasteiger partial charge on any atom is 0.154 e. The molecule has 2 heterocycles. The largest absolute Gasteiger partial charge is 0.387 e. The molecule has 24 heavy (non-hydrogen) atoms. The van der Waals surface area contributed by atoms with Gasteiger partial charge in [-0.05, 0) is 30.0 Å². The van der Waals surface area contributed by atoms with E-state index in [1.165, 1.54) is 0 Å². The Morgan fingerprint density at radius 1 is 0.917 bits per heavy atom. The lowest BCUT2D eigenvalue weighted by atomic mass is 9.97. The topological polar surface area (TPSA) is 61.9 Å². The third-order valence-electron chi connectivity index (χ3n) is 4.24. The molecule has 5 nitrogen and oxygen atoms in total. The van der Waals surface area contributed by atoms with Crippen molar-refractivity contribution in [3.63, 3.8) is 0 Å². The van der Waals surface area contributed by atoms with Crippen LogP contribution in [0.4, 0.5) is 21.6 Å². The first kappa shape index (κ1) is 16.0. The van der Waals surface area contributed by atoms with Gasteiger partial charge in [0.1, 0.15) is 5.82 Å². The summed E-state index contributed by atoms with van der Waals surface area (Å²) >= 11 is 0. The maximum atomic E-state index is 15.1. The summed E-state index contributed by atoms with van der Waals surface area (Å²) in [5.41, 5.74) is 3.55. The molecular formula is C18H20FN5. The minimum atomic E-state index is -0.304. The van der Waals surface area contributed by atoms with E-state index in [4.69, 9.17) is 0 Å². The van der Waals surface area contributed by atoms with Crippen molar-refractivity contribution in [1.29, 1.82) is 0 Å². The molecular weight excluding hydrogens is 305 g/mol. The van der Waals surface area contributed by atoms with Crippen LogP contribution in [-0.2, 0) is 0 Å². The molecule has 0 bridgehead atoms. The lowest BCUT2D eigenvalue weighted by Gasteiger charge is -2.15. The van der Waals surface area contributed by atoms with Gasteiger partial charge in [0.2, 0.25) is 0 Å². The molecule has 0 aliphatic rings. The first-order chi connectivity index (χ1) is 11.6. The summed E-state index contributed by atoms with van der Waals surface area (Å²) in [5, 5.41) is 10.7. The van der Waals surface area contributed by atoms with Crippen molar-refractivity contribution >= 4 is 28.0 Å². The molecule has 124 valence electrons. The van der Waals surface area contributed by atoms with E-state index in [1.807, 2.05) is 33.2 Å². The van der Waals surface area contributed by atoms with Gasteiger partial charge >= 0.3 is 0 Å². The molecule has 2 aromatic heterocycles. The van der Waals surface area contributed by atoms with Crippen LogP contribution in [0.5, 0.6) is 0 Å². The average Bonchev–Trinajstić information content (AvgIpc) is 2.61. The Balaban J connectivity index is 2.34. The highest BCUT2D eigenvalue weighted by Crippen LogP contribution is 2.37. The number of halogens is 1. The highest BCUT2D eigenvalue weighted by atomic mass is 19.1. The molecule has 0 atom stereocenters. The van der Waals surface area contributed by atoms with Crippen LogP contribution in [0.3, 0.4) is 0 Å². The lowest BCUT2D eigenvalue weighted by molar-refractivity contribution is 0.636. The van der Waals surface area contributed by atoms with E-state index in [-0.39, 0.29) is 5.82 Å². The zero-order chi connectivity index (χ0) is 17.3. The van der Waals surface area contributed by atoms with Gasteiger partial charge in [0.25, 0.3) is 0 Å². The van der Waals surface area contributed by atoms with Gasteiger partial charge in [0, 0.05) is 50.0 Å². The third kappa shape index (κ3) is 2.50. The number of aromatic nitrogens is 2. The minimum absolute atomic E-state index is 0.304. The Labute approximate surface area is 140 Å². The van der Waals surface area contributed by atoms with Gasteiger partial charge in [-0.25, -0.2) is 9.37 Å². The van der Waals surface area contributed by atoms with Crippen LogP contribution in [0.1, 0.15) is 5.56 Å². The third-order valence-corrected chi connectivity index (χ3v) is 4.24. The number of fused-ring (bicyclic) bond motifs is 1. The quantitative estimate of drug-likeness (QED) is 0.680. The second-order valence-corrected chi connectivity index (χ2v) is 5.51. The number of benzene rings is 1. The number of pyridine rings is 2. The molecule has 0 aliphatic heterocycles.